The number of ketones is 2. The third kappa shape index (κ3) is 26.4. The van der Waals surface area contributed by atoms with Crippen molar-refractivity contribution < 1.29 is 102 Å². The molecule has 0 aliphatic carbocycles. The van der Waals surface area contributed by atoms with Crippen LogP contribution in [0.2, 0.25) is 0 Å². The van der Waals surface area contributed by atoms with Crippen molar-refractivity contribution >= 4 is 53.1 Å². The van der Waals surface area contributed by atoms with E-state index in [0.29, 0.717) is 37.8 Å². The number of guanidine groups is 2. The number of carboxylic acids is 2. The van der Waals surface area contributed by atoms with Crippen molar-refractivity contribution in [2.45, 2.75) is 108 Å². The van der Waals surface area contributed by atoms with Gasteiger partial charge in [-0.05, 0) is 26.0 Å². The lowest BCUT2D eigenvalue weighted by Crippen LogP contribution is -2.53. The molecule has 500 valence electrons. The summed E-state index contributed by atoms with van der Waals surface area (Å²) in [5.74, 6) is -6.96. The Labute approximate surface area is 517 Å². The number of terminal acetylenes is 1. The number of rotatable bonds is 45. The topological polar surface area (TPSA) is 532 Å². The zero-order valence-electron chi connectivity index (χ0n) is 50.1. The molecule has 0 radical (unpaired) electrons. The Bertz CT molecular complexity index is 2640. The van der Waals surface area contributed by atoms with E-state index < -0.39 is 134 Å². The first-order valence-corrected chi connectivity index (χ1v) is 28.6. The number of hydrogen-bond donors (Lipinski definition) is 12. The van der Waals surface area contributed by atoms with Crippen LogP contribution in [-0.4, -0.2) is 273 Å². The Morgan fingerprint density at radius 3 is 1.43 bits per heavy atom. The summed E-state index contributed by atoms with van der Waals surface area (Å²) in [6, 6.07) is -2.20. The first-order valence-electron chi connectivity index (χ1n) is 28.6. The number of aliphatic hydroxyl groups excluding tert-OH is 4. The van der Waals surface area contributed by atoms with Crippen molar-refractivity contribution in [2.75, 3.05) is 105 Å². The van der Waals surface area contributed by atoms with Crippen LogP contribution in [0.5, 0.6) is 0 Å². The van der Waals surface area contributed by atoms with Gasteiger partial charge in [-0.15, -0.1) is 16.6 Å². The first-order chi connectivity index (χ1) is 43.0. The zero-order valence-corrected chi connectivity index (χ0v) is 50.1. The Hall–Kier alpha value is -8.25. The van der Waals surface area contributed by atoms with Crippen LogP contribution in [0.4, 0.5) is 0 Å². The molecule has 4 rings (SSSR count). The van der Waals surface area contributed by atoms with Gasteiger partial charge in [0, 0.05) is 76.1 Å². The molecule has 0 bridgehead atoms. The molecule has 4 heterocycles. The molecule has 0 saturated carbocycles. The van der Waals surface area contributed by atoms with Crippen LogP contribution in [0.15, 0.2) is 46.0 Å². The van der Waals surface area contributed by atoms with E-state index >= 15 is 0 Å². The molecule has 0 aromatic carbocycles. The monoisotopic (exact) mass is 1280 g/mol. The quantitative estimate of drug-likeness (QED) is 0.0127. The Morgan fingerprint density at radius 1 is 0.667 bits per heavy atom. The van der Waals surface area contributed by atoms with E-state index in [-0.39, 0.29) is 115 Å². The number of nitrogens with zero attached hydrogens (tertiary/aromatic N) is 9. The number of carbonyl (C=O) groups is 7. The lowest BCUT2D eigenvalue weighted by molar-refractivity contribution is -0.162. The van der Waals surface area contributed by atoms with E-state index in [1.807, 2.05) is 0 Å². The van der Waals surface area contributed by atoms with Gasteiger partial charge in [0.05, 0.1) is 102 Å². The van der Waals surface area contributed by atoms with E-state index in [0.717, 1.165) is 12.2 Å². The molecule has 2 aliphatic rings. The molecule has 0 unspecified atom stereocenters. The maximum absolute atomic E-state index is 13.7. The van der Waals surface area contributed by atoms with Gasteiger partial charge in [-0.2, -0.15) is 0 Å². The summed E-state index contributed by atoms with van der Waals surface area (Å²) in [5, 5.41) is 82.8. The number of amides is 3. The third-order valence-electron chi connectivity index (χ3n) is 13.4. The smallest absolute Gasteiger partial charge is 0.370 e. The Balaban J connectivity index is 1.33. The van der Waals surface area contributed by atoms with Gasteiger partial charge in [-0.25, -0.2) is 19.6 Å². The van der Waals surface area contributed by atoms with Crippen molar-refractivity contribution in [1.82, 2.24) is 45.5 Å². The highest BCUT2D eigenvalue weighted by molar-refractivity contribution is 5.86. The average molecular weight is 1280 g/mol. The summed E-state index contributed by atoms with van der Waals surface area (Å²) in [4.78, 5) is 98.0. The van der Waals surface area contributed by atoms with Gasteiger partial charge in [0.1, 0.15) is 68.0 Å². The van der Waals surface area contributed by atoms with Gasteiger partial charge in [0.2, 0.25) is 29.2 Å². The van der Waals surface area contributed by atoms with E-state index in [2.05, 4.69) is 47.2 Å². The molecule has 16 N–H and O–H groups in total. The average Bonchev–Trinajstić information content (AvgIpc) is 1.19. The van der Waals surface area contributed by atoms with E-state index in [9.17, 15) is 64.2 Å². The van der Waals surface area contributed by atoms with Crippen LogP contribution in [0.25, 0.3) is 0 Å². The standard InChI is InChI=1S/C54H83N15O21/c1-4-14-83-16-18-85-20-21-86-19-17-84-15-7-46(78)67(10-12-68-26-34(63-65-68)5-8-59-44(76)30-87-49(40(74)28-70)47-36(22-32(2)72)38(61-53(55)56)24-42(89-47)51(79)80)11-13-69-27-35(64-66-69)6-9-60-45(77)31-88-50(41(75)29-71)48-37(23-33(3)73)39(62-54(57)58)25-43(90-48)52(81)82/h1,24-27,36-41,47-50,70-71,74-75H,5-23,28-31H2,2-3H3,(H,59,76)(H,60,77)(H,79,80)(H,81,82)(H4,55,56,61)(H4,57,58,62)/t36-,37-,38+,39+,40-,41-,47-,48-,49-,50-/m1/s1. The molecule has 3 amide bonds. The maximum Gasteiger partial charge on any atom is 0.370 e. The molecule has 36 heteroatoms. The number of aromatic nitrogens is 6. The fourth-order valence-corrected chi connectivity index (χ4v) is 9.31. The van der Waals surface area contributed by atoms with Crippen molar-refractivity contribution in [3.8, 4) is 12.3 Å². The number of ether oxygens (including phenoxy) is 8. The number of carbonyl (C=O) groups excluding carboxylic acids is 5. The SMILES string of the molecule is C#CCOCCOCCOCCOCCC(=O)N(CCn1cc(CCNC(=O)CO[C@@H]([C@@H]2OC(C(=O)O)=C[C@H](N=C(N)N)[C@H]2CC(C)=O)[C@H](O)CO)nn1)CCn1cc(CCNC(=O)CO[C@@H]([C@@H]2OC(C(=O)O)=C[C@H](N=C(N)N)[C@H]2CC(C)=O)[C@H](O)CO)nn1. The molecular formula is C54H83N15O21. The third-order valence-corrected chi connectivity index (χ3v) is 13.4. The van der Waals surface area contributed by atoms with Gasteiger partial charge in [-0.3, -0.25) is 23.7 Å². The van der Waals surface area contributed by atoms with Crippen molar-refractivity contribution in [2.24, 2.45) is 44.8 Å². The zero-order chi connectivity index (χ0) is 66.1. The fraction of sp³-hybridized carbons (Fsp3) is 0.648. The van der Waals surface area contributed by atoms with Gasteiger partial charge in [-0.1, -0.05) is 16.3 Å². The highest BCUT2D eigenvalue weighted by Crippen LogP contribution is 2.35. The minimum atomic E-state index is -1.70. The molecule has 2 aromatic rings. The summed E-state index contributed by atoms with van der Waals surface area (Å²) >= 11 is 0. The molecule has 0 spiro atoms. The van der Waals surface area contributed by atoms with Crippen LogP contribution < -0.4 is 33.6 Å². The molecule has 0 fully saturated rings. The van der Waals surface area contributed by atoms with Gasteiger partial charge in [0.25, 0.3) is 0 Å². The van der Waals surface area contributed by atoms with Crippen LogP contribution in [0.3, 0.4) is 0 Å². The second kappa shape index (κ2) is 39.7. The molecule has 2 aromatic heterocycles. The molecule has 90 heavy (non-hydrogen) atoms. The van der Waals surface area contributed by atoms with Crippen molar-refractivity contribution in [3.05, 3.63) is 47.5 Å². The predicted octanol–water partition coefficient (Wildman–Crippen LogP) is -6.51. The molecule has 10 atom stereocenters. The number of nitrogens with one attached hydrogen (secondary N) is 2. The molecular weight excluding hydrogens is 1190 g/mol. The van der Waals surface area contributed by atoms with Crippen molar-refractivity contribution in [1.29, 1.82) is 0 Å². The Morgan fingerprint density at radius 2 is 1.07 bits per heavy atom. The highest BCUT2D eigenvalue weighted by Gasteiger charge is 2.47. The highest BCUT2D eigenvalue weighted by atomic mass is 16.6. The number of carboxylic acid groups (broad SMARTS) is 2. The van der Waals surface area contributed by atoms with Gasteiger partial charge >= 0.3 is 11.9 Å². The van der Waals surface area contributed by atoms with Gasteiger partial charge < -0.3 is 117 Å². The molecule has 0 saturated heterocycles. The number of nitrogens with two attached hydrogens (primary N) is 4. The van der Waals surface area contributed by atoms with Crippen LogP contribution in [0.1, 0.15) is 44.5 Å². The first kappa shape index (κ1) is 74.2. The fourth-order valence-electron chi connectivity index (χ4n) is 9.31. The van der Waals surface area contributed by atoms with Gasteiger partial charge in [0.15, 0.2) is 11.9 Å². The normalized spacial score (nSPS) is 19.2. The molecule has 36 nitrogen and oxygen atoms in total. The summed E-state index contributed by atoms with van der Waals surface area (Å²) < 4.78 is 47.5. The summed E-state index contributed by atoms with van der Waals surface area (Å²) in [6.07, 6.45) is 1.23. The number of aliphatic carboxylic acids is 2. The minimum Gasteiger partial charge on any atom is -0.480 e. The second-order valence-electron chi connectivity index (χ2n) is 20.5. The maximum atomic E-state index is 13.7. The van der Waals surface area contributed by atoms with Crippen LogP contribution >= 0.6 is 0 Å². The lowest BCUT2D eigenvalue weighted by atomic mass is 9.82. The summed E-state index contributed by atoms with van der Waals surface area (Å²) in [5.41, 5.74) is 23.3. The lowest BCUT2D eigenvalue weighted by Gasteiger charge is -2.39. The number of hydrogen-bond acceptors (Lipinski definition) is 25. The molecule has 2 aliphatic heterocycles. The number of Topliss-reactive ketones (excluding diaryl/α,β-unsaturated/α-hetero) is 2. The Kier molecular flexibility index (Phi) is 32.7. The largest absolute Gasteiger partial charge is 0.480 e. The predicted molar refractivity (Wildman–Crippen MR) is 310 cm³/mol. The number of aliphatic hydroxyl groups is 4. The summed E-state index contributed by atoms with van der Waals surface area (Å²) in [7, 11) is 0. The van der Waals surface area contributed by atoms with Crippen LogP contribution in [0, 0.1) is 24.2 Å². The van der Waals surface area contributed by atoms with Crippen molar-refractivity contribution in [3.63, 3.8) is 0 Å². The van der Waals surface area contributed by atoms with Crippen LogP contribution in [-0.2, 0) is 97.4 Å². The van der Waals surface area contributed by atoms with E-state index in [4.69, 9.17) is 67.3 Å². The van der Waals surface area contributed by atoms with E-state index in [1.165, 1.54) is 23.2 Å². The van der Waals surface area contributed by atoms with E-state index in [1.54, 1.807) is 17.3 Å². The minimum absolute atomic E-state index is 0.00930. The second-order valence-corrected chi connectivity index (χ2v) is 20.5. The summed E-state index contributed by atoms with van der Waals surface area (Å²) in [6.45, 7) is 2.27. The number of aliphatic imine (C=N–C) groups is 2.